The fourth-order valence-corrected chi connectivity index (χ4v) is 1.23. The van der Waals surface area contributed by atoms with Crippen molar-refractivity contribution in [3.8, 4) is 0 Å². The Morgan fingerprint density at radius 2 is 2.00 bits per heavy atom. The van der Waals surface area contributed by atoms with Gasteiger partial charge in [-0.3, -0.25) is 9.59 Å². The van der Waals surface area contributed by atoms with E-state index in [-0.39, 0.29) is 24.9 Å². The second kappa shape index (κ2) is 5.93. The average Bonchev–Trinajstić information content (AvgIpc) is 2.24. The molecule has 6 heteroatoms. The van der Waals surface area contributed by atoms with Crippen molar-refractivity contribution in [2.45, 2.75) is 12.8 Å². The van der Waals surface area contributed by atoms with E-state index in [4.69, 9.17) is 5.11 Å². The van der Waals surface area contributed by atoms with Gasteiger partial charge in [-0.25, -0.2) is 8.78 Å². The molecule has 0 spiro atoms. The zero-order valence-corrected chi connectivity index (χ0v) is 8.87. The predicted molar refractivity (Wildman–Crippen MR) is 55.3 cm³/mol. The second-order valence-electron chi connectivity index (χ2n) is 3.38. The number of hydrogen-bond acceptors (Lipinski definition) is 2. The summed E-state index contributed by atoms with van der Waals surface area (Å²) < 4.78 is 26.0. The Morgan fingerprint density at radius 3 is 2.65 bits per heavy atom. The van der Waals surface area contributed by atoms with Crippen molar-refractivity contribution < 1.29 is 23.5 Å². The Kier molecular flexibility index (Phi) is 4.56. The first kappa shape index (κ1) is 13.1. The Morgan fingerprint density at radius 1 is 1.29 bits per heavy atom. The molecule has 17 heavy (non-hydrogen) atoms. The first-order chi connectivity index (χ1) is 8.00. The molecule has 0 atom stereocenters. The van der Waals surface area contributed by atoms with Gasteiger partial charge < -0.3 is 10.4 Å². The van der Waals surface area contributed by atoms with Crippen molar-refractivity contribution in [2.24, 2.45) is 0 Å². The van der Waals surface area contributed by atoms with Crippen LogP contribution in [0.4, 0.5) is 8.78 Å². The van der Waals surface area contributed by atoms with Crippen molar-refractivity contribution in [2.75, 3.05) is 6.54 Å². The fourth-order valence-electron chi connectivity index (χ4n) is 1.23. The summed E-state index contributed by atoms with van der Waals surface area (Å²) in [6, 6.07) is 3.56. The van der Waals surface area contributed by atoms with E-state index in [0.29, 0.717) is 0 Å². The predicted octanol–water partition coefficient (Wildman–Crippen LogP) is 1.10. The molecule has 0 bridgehead atoms. The van der Waals surface area contributed by atoms with E-state index in [9.17, 15) is 18.4 Å². The highest BCUT2D eigenvalue weighted by molar-refractivity contribution is 5.79. The van der Waals surface area contributed by atoms with Crippen molar-refractivity contribution >= 4 is 11.9 Å². The zero-order chi connectivity index (χ0) is 12.8. The topological polar surface area (TPSA) is 66.4 Å². The van der Waals surface area contributed by atoms with Gasteiger partial charge in [0.25, 0.3) is 0 Å². The molecule has 0 radical (unpaired) electrons. The van der Waals surface area contributed by atoms with Crippen molar-refractivity contribution in [3.63, 3.8) is 0 Å². The molecule has 0 aliphatic rings. The van der Waals surface area contributed by atoms with E-state index in [0.717, 1.165) is 6.07 Å². The number of amides is 1. The molecular weight excluding hydrogens is 232 g/mol. The first-order valence-corrected chi connectivity index (χ1v) is 4.92. The number of carbonyl (C=O) groups is 2. The highest BCUT2D eigenvalue weighted by atomic mass is 19.2. The van der Waals surface area contributed by atoms with Crippen LogP contribution >= 0.6 is 0 Å². The van der Waals surface area contributed by atoms with Crippen LogP contribution in [0.15, 0.2) is 18.2 Å². The molecule has 0 heterocycles. The Bertz CT molecular complexity index is 435. The van der Waals surface area contributed by atoms with Gasteiger partial charge >= 0.3 is 5.97 Å². The molecule has 0 unspecified atom stereocenters. The lowest BCUT2D eigenvalue weighted by Gasteiger charge is -2.05. The molecule has 1 rings (SSSR count). The second-order valence-corrected chi connectivity index (χ2v) is 3.38. The molecule has 0 aliphatic heterocycles. The highest BCUT2D eigenvalue weighted by Gasteiger charge is 2.11. The largest absolute Gasteiger partial charge is 0.481 e. The molecule has 4 nitrogen and oxygen atoms in total. The van der Waals surface area contributed by atoms with Crippen LogP contribution < -0.4 is 5.32 Å². The lowest BCUT2D eigenvalue weighted by molar-refractivity contribution is -0.136. The van der Waals surface area contributed by atoms with E-state index in [1.165, 1.54) is 12.1 Å². The average molecular weight is 243 g/mol. The van der Waals surface area contributed by atoms with Gasteiger partial charge in [-0.1, -0.05) is 12.1 Å². The van der Waals surface area contributed by atoms with E-state index < -0.39 is 23.5 Å². The Hall–Kier alpha value is -1.98. The third kappa shape index (κ3) is 4.18. The van der Waals surface area contributed by atoms with Crippen LogP contribution in [0.5, 0.6) is 0 Å². The minimum atomic E-state index is -1.05. The molecule has 0 saturated heterocycles. The minimum absolute atomic E-state index is 0.0366. The van der Waals surface area contributed by atoms with Crippen LogP contribution in [-0.4, -0.2) is 23.5 Å². The Balaban J connectivity index is 2.51. The maximum Gasteiger partial charge on any atom is 0.305 e. The molecule has 0 aromatic heterocycles. The Labute approximate surface area is 96.3 Å². The van der Waals surface area contributed by atoms with E-state index in [1.807, 2.05) is 0 Å². The van der Waals surface area contributed by atoms with Gasteiger partial charge in [0, 0.05) is 12.1 Å². The molecule has 1 aromatic rings. The summed E-state index contributed by atoms with van der Waals surface area (Å²) in [6.45, 7) is -0.0366. The van der Waals surface area contributed by atoms with Crippen LogP contribution in [-0.2, 0) is 16.0 Å². The summed E-state index contributed by atoms with van der Waals surface area (Å²) in [7, 11) is 0. The molecule has 1 amide bonds. The van der Waals surface area contributed by atoms with Gasteiger partial charge in [-0.2, -0.15) is 0 Å². The summed E-state index contributed by atoms with van der Waals surface area (Å²) >= 11 is 0. The number of halogens is 2. The molecule has 2 N–H and O–H groups in total. The van der Waals surface area contributed by atoms with Gasteiger partial charge in [-0.05, 0) is 6.07 Å². The minimum Gasteiger partial charge on any atom is -0.481 e. The normalized spacial score (nSPS) is 10.0. The van der Waals surface area contributed by atoms with Crippen LogP contribution in [0.2, 0.25) is 0 Å². The lowest BCUT2D eigenvalue weighted by Crippen LogP contribution is -2.27. The summed E-state index contributed by atoms with van der Waals surface area (Å²) in [5, 5.41) is 10.6. The number of nitrogens with one attached hydrogen (secondary N) is 1. The number of carboxylic acid groups (broad SMARTS) is 1. The van der Waals surface area contributed by atoms with Crippen molar-refractivity contribution in [3.05, 3.63) is 35.4 Å². The SMILES string of the molecule is O=C(O)CCNC(=O)Cc1cccc(F)c1F. The zero-order valence-electron chi connectivity index (χ0n) is 8.87. The third-order valence-corrected chi connectivity index (χ3v) is 2.04. The number of hydrogen-bond donors (Lipinski definition) is 2. The fraction of sp³-hybridized carbons (Fsp3) is 0.273. The lowest BCUT2D eigenvalue weighted by atomic mass is 10.1. The maximum atomic E-state index is 13.2. The van der Waals surface area contributed by atoms with Gasteiger partial charge in [0.1, 0.15) is 0 Å². The summed E-state index contributed by atoms with van der Waals surface area (Å²) in [5.74, 6) is -3.65. The quantitative estimate of drug-likeness (QED) is 0.813. The van der Waals surface area contributed by atoms with Crippen molar-refractivity contribution in [1.29, 1.82) is 0 Å². The third-order valence-electron chi connectivity index (χ3n) is 2.04. The van der Waals surface area contributed by atoms with E-state index >= 15 is 0 Å². The van der Waals surface area contributed by atoms with Crippen LogP contribution in [0, 0.1) is 11.6 Å². The first-order valence-electron chi connectivity index (χ1n) is 4.92. The van der Waals surface area contributed by atoms with E-state index in [2.05, 4.69) is 5.32 Å². The standard InChI is InChI=1S/C11H11F2NO3/c12-8-3-1-2-7(11(8)13)6-9(15)14-5-4-10(16)17/h1-3H,4-6H2,(H,14,15)(H,16,17). The van der Waals surface area contributed by atoms with E-state index in [1.54, 1.807) is 0 Å². The van der Waals surface area contributed by atoms with Crippen LogP contribution in [0.3, 0.4) is 0 Å². The van der Waals surface area contributed by atoms with Gasteiger partial charge in [0.05, 0.1) is 12.8 Å². The summed E-state index contributed by atoms with van der Waals surface area (Å²) in [4.78, 5) is 21.4. The monoisotopic (exact) mass is 243 g/mol. The highest BCUT2D eigenvalue weighted by Crippen LogP contribution is 2.11. The molecule has 0 saturated carbocycles. The number of rotatable bonds is 5. The number of aliphatic carboxylic acids is 1. The molecule has 0 aliphatic carbocycles. The summed E-state index contributed by atoms with van der Waals surface area (Å²) in [5.41, 5.74) is -0.0576. The van der Waals surface area contributed by atoms with Crippen LogP contribution in [0.25, 0.3) is 0 Å². The molecule has 1 aromatic carbocycles. The van der Waals surface area contributed by atoms with Crippen LogP contribution in [0.1, 0.15) is 12.0 Å². The molecule has 0 fully saturated rings. The number of benzene rings is 1. The summed E-state index contributed by atoms with van der Waals surface area (Å²) in [6.07, 6.45) is -0.527. The van der Waals surface area contributed by atoms with Crippen molar-refractivity contribution in [1.82, 2.24) is 5.32 Å². The number of carboxylic acids is 1. The smallest absolute Gasteiger partial charge is 0.305 e. The molecular formula is C11H11F2NO3. The van der Waals surface area contributed by atoms with Gasteiger partial charge in [-0.15, -0.1) is 0 Å². The number of carbonyl (C=O) groups excluding carboxylic acids is 1. The maximum absolute atomic E-state index is 13.2. The van der Waals surface area contributed by atoms with Gasteiger partial charge in [0.15, 0.2) is 11.6 Å². The van der Waals surface area contributed by atoms with Gasteiger partial charge in [0.2, 0.25) is 5.91 Å². The molecule has 92 valence electrons.